The van der Waals surface area contributed by atoms with Crippen molar-refractivity contribution in [3.05, 3.63) is 29.6 Å². The highest BCUT2D eigenvalue weighted by Gasteiger charge is 2.54. The number of amidine groups is 1. The number of hydrogen-bond acceptors (Lipinski definition) is 5. The molecule has 0 N–H and O–H groups in total. The zero-order valence-corrected chi connectivity index (χ0v) is 17.4. The molecular formula is C20H24N5O4+. The lowest BCUT2D eigenvalue weighted by molar-refractivity contribution is -0.682. The molecule has 1 aromatic carbocycles. The van der Waals surface area contributed by atoms with Crippen molar-refractivity contribution in [3.8, 4) is 17.2 Å². The summed E-state index contributed by atoms with van der Waals surface area (Å²) in [6.45, 7) is 6.02. The van der Waals surface area contributed by atoms with Gasteiger partial charge in [0.05, 0.1) is 14.2 Å². The summed E-state index contributed by atoms with van der Waals surface area (Å²) in [4.78, 5) is 33.1. The van der Waals surface area contributed by atoms with E-state index in [4.69, 9.17) is 14.5 Å². The van der Waals surface area contributed by atoms with Gasteiger partial charge in [-0.25, -0.2) is 9.36 Å². The van der Waals surface area contributed by atoms with Crippen LogP contribution in [0.25, 0.3) is 5.69 Å². The normalized spacial score (nSPS) is 18.0. The van der Waals surface area contributed by atoms with Gasteiger partial charge in [-0.05, 0) is 32.9 Å². The molecule has 29 heavy (non-hydrogen) atoms. The summed E-state index contributed by atoms with van der Waals surface area (Å²) >= 11 is 0. The quantitative estimate of drug-likeness (QED) is 0.737. The number of benzene rings is 1. The molecular weight excluding hydrogens is 374 g/mol. The largest absolute Gasteiger partial charge is 0.497 e. The van der Waals surface area contributed by atoms with Crippen molar-refractivity contribution in [2.75, 3.05) is 27.8 Å². The first-order valence-corrected chi connectivity index (χ1v) is 9.39. The number of imidazole rings is 1. The molecule has 2 aromatic rings. The van der Waals surface area contributed by atoms with E-state index < -0.39 is 6.04 Å². The second-order valence-corrected chi connectivity index (χ2v) is 7.01. The molecule has 1 atom stereocenters. The number of aromatic nitrogens is 2. The predicted octanol–water partition coefficient (Wildman–Crippen LogP) is 1.90. The lowest BCUT2D eigenvalue weighted by Gasteiger charge is -2.32. The molecule has 0 bridgehead atoms. The fraction of sp³-hybridized carbons (Fsp3) is 0.400. The Morgan fingerprint density at radius 3 is 2.52 bits per heavy atom. The van der Waals surface area contributed by atoms with Gasteiger partial charge in [-0.3, -0.25) is 14.6 Å². The Balaban J connectivity index is 1.95. The summed E-state index contributed by atoms with van der Waals surface area (Å²) in [5, 5.41) is 0. The lowest BCUT2D eigenvalue weighted by Crippen LogP contribution is -2.63. The van der Waals surface area contributed by atoms with Crippen LogP contribution >= 0.6 is 0 Å². The maximum absolute atomic E-state index is 13.1. The molecule has 0 radical (unpaired) electrons. The third kappa shape index (κ3) is 2.46. The van der Waals surface area contributed by atoms with Crippen LogP contribution < -0.4 is 14.0 Å². The number of rotatable bonds is 4. The highest BCUT2D eigenvalue weighted by Crippen LogP contribution is 2.36. The number of imide groups is 1. The molecule has 152 valence electrons. The van der Waals surface area contributed by atoms with Gasteiger partial charge >= 0.3 is 12.0 Å². The van der Waals surface area contributed by atoms with Crippen molar-refractivity contribution >= 4 is 23.7 Å². The minimum Gasteiger partial charge on any atom is -0.497 e. The second-order valence-electron chi connectivity index (χ2n) is 7.01. The maximum Gasteiger partial charge on any atom is 0.407 e. The molecule has 4 rings (SSSR count). The van der Waals surface area contributed by atoms with Crippen LogP contribution in [0.2, 0.25) is 0 Å². The highest BCUT2D eigenvalue weighted by atomic mass is 16.5. The SMILES string of the molecule is CCN1C(=O)C2C(=Nc3n(-c4ccc(OC)cc4OC)c(C)c(C)[n+]32)N(C)C1=O. The van der Waals surface area contributed by atoms with Gasteiger partial charge in [0.2, 0.25) is 11.9 Å². The van der Waals surface area contributed by atoms with E-state index in [0.29, 0.717) is 29.8 Å². The van der Waals surface area contributed by atoms with E-state index in [2.05, 4.69) is 0 Å². The Morgan fingerprint density at radius 2 is 1.90 bits per heavy atom. The third-order valence-corrected chi connectivity index (χ3v) is 5.66. The molecule has 9 heteroatoms. The Morgan fingerprint density at radius 1 is 1.17 bits per heavy atom. The van der Waals surface area contributed by atoms with Crippen LogP contribution in [0.15, 0.2) is 23.2 Å². The third-order valence-electron chi connectivity index (χ3n) is 5.66. The fourth-order valence-corrected chi connectivity index (χ4v) is 3.99. The summed E-state index contributed by atoms with van der Waals surface area (Å²) in [6.07, 6.45) is 0. The van der Waals surface area contributed by atoms with Crippen LogP contribution in [0, 0.1) is 13.8 Å². The van der Waals surface area contributed by atoms with Crippen LogP contribution in [0.5, 0.6) is 11.5 Å². The van der Waals surface area contributed by atoms with Crippen molar-refractivity contribution in [1.29, 1.82) is 0 Å². The minimum absolute atomic E-state index is 0.264. The summed E-state index contributed by atoms with van der Waals surface area (Å²) in [7, 11) is 4.84. The van der Waals surface area contributed by atoms with Crippen molar-refractivity contribution in [2.24, 2.45) is 4.99 Å². The van der Waals surface area contributed by atoms with E-state index in [1.807, 2.05) is 35.1 Å². The number of fused-ring (bicyclic) bond motifs is 3. The van der Waals surface area contributed by atoms with Gasteiger partial charge < -0.3 is 9.47 Å². The predicted molar refractivity (Wildman–Crippen MR) is 105 cm³/mol. The first-order valence-electron chi connectivity index (χ1n) is 9.39. The average molecular weight is 398 g/mol. The molecule has 2 aliphatic heterocycles. The number of aliphatic imine (C=N–C) groups is 1. The van der Waals surface area contributed by atoms with Crippen LogP contribution in [-0.2, 0) is 4.79 Å². The van der Waals surface area contributed by atoms with E-state index in [0.717, 1.165) is 17.1 Å². The van der Waals surface area contributed by atoms with E-state index in [1.54, 1.807) is 34.3 Å². The van der Waals surface area contributed by atoms with Crippen molar-refractivity contribution in [2.45, 2.75) is 26.8 Å². The summed E-state index contributed by atoms with van der Waals surface area (Å²) in [6, 6.07) is 4.52. The molecule has 1 aromatic heterocycles. The molecule has 1 fully saturated rings. The Hall–Kier alpha value is -3.36. The highest BCUT2D eigenvalue weighted by molar-refractivity contribution is 6.19. The zero-order valence-electron chi connectivity index (χ0n) is 17.4. The van der Waals surface area contributed by atoms with Crippen LogP contribution in [-0.4, -0.2) is 60.0 Å². The molecule has 2 aliphatic rings. The number of ether oxygens (including phenoxy) is 2. The van der Waals surface area contributed by atoms with E-state index in [-0.39, 0.29) is 11.9 Å². The first-order chi connectivity index (χ1) is 13.8. The smallest absolute Gasteiger partial charge is 0.407 e. The lowest BCUT2D eigenvalue weighted by atomic mass is 10.1. The number of methoxy groups -OCH3 is 2. The van der Waals surface area contributed by atoms with E-state index in [1.165, 1.54) is 9.80 Å². The average Bonchev–Trinajstić information content (AvgIpc) is 3.22. The maximum atomic E-state index is 13.1. The van der Waals surface area contributed by atoms with Crippen molar-refractivity contribution in [1.82, 2.24) is 14.4 Å². The van der Waals surface area contributed by atoms with E-state index in [9.17, 15) is 9.59 Å². The van der Waals surface area contributed by atoms with Crippen LogP contribution in [0.3, 0.4) is 0 Å². The fourth-order valence-electron chi connectivity index (χ4n) is 3.99. The minimum atomic E-state index is -0.656. The van der Waals surface area contributed by atoms with Crippen LogP contribution in [0.1, 0.15) is 24.4 Å². The molecule has 1 unspecified atom stereocenters. The van der Waals surface area contributed by atoms with Crippen molar-refractivity contribution in [3.63, 3.8) is 0 Å². The van der Waals surface area contributed by atoms with Crippen LogP contribution in [0.4, 0.5) is 10.7 Å². The molecule has 9 nitrogen and oxygen atoms in total. The molecule has 0 aliphatic carbocycles. The number of carbonyl (C=O) groups excluding carboxylic acids is 2. The van der Waals surface area contributed by atoms with Gasteiger partial charge in [0.15, 0.2) is 5.75 Å². The van der Waals surface area contributed by atoms with Gasteiger partial charge in [-0.15, -0.1) is 0 Å². The number of carbonyl (C=O) groups is 2. The van der Waals surface area contributed by atoms with Gasteiger partial charge in [-0.2, -0.15) is 4.57 Å². The summed E-state index contributed by atoms with van der Waals surface area (Å²) in [5.74, 6) is 2.04. The molecule has 3 heterocycles. The van der Waals surface area contributed by atoms with Gasteiger partial charge in [0, 0.05) is 19.7 Å². The Kier molecular flexibility index (Phi) is 4.33. The number of likely N-dealkylation sites (N-methyl/N-ethyl adjacent to an activating group) is 2. The number of nitrogens with zero attached hydrogens (tertiary/aromatic N) is 5. The number of hydrogen-bond donors (Lipinski definition) is 0. The molecule has 0 saturated carbocycles. The molecule has 0 spiro atoms. The second kappa shape index (κ2) is 6.61. The summed E-state index contributed by atoms with van der Waals surface area (Å²) in [5.41, 5.74) is 2.61. The summed E-state index contributed by atoms with van der Waals surface area (Å²) < 4.78 is 14.7. The standard InChI is InChI=1S/C20H24N5O4/c1-7-23-18(26)16-17(22(4)20(23)27)21-19-24(11(2)12(3)25(16)19)14-9-8-13(28-5)10-15(14)29-6/h8-10,16H,7H2,1-6H3/q+1. The van der Waals surface area contributed by atoms with Gasteiger partial charge in [0.25, 0.3) is 5.91 Å². The number of amides is 3. The topological polar surface area (TPSA) is 80.2 Å². The Labute approximate surface area is 168 Å². The van der Waals surface area contributed by atoms with E-state index >= 15 is 0 Å². The van der Waals surface area contributed by atoms with Gasteiger partial charge in [0.1, 0.15) is 22.8 Å². The first kappa shape index (κ1) is 19.0. The Bertz CT molecular complexity index is 1070. The van der Waals surface area contributed by atoms with Crippen molar-refractivity contribution < 1.29 is 23.6 Å². The number of urea groups is 1. The monoisotopic (exact) mass is 398 g/mol. The van der Waals surface area contributed by atoms with Gasteiger partial charge in [-0.1, -0.05) is 4.99 Å². The zero-order chi connectivity index (χ0) is 21.0. The molecule has 3 amide bonds. The molecule has 1 saturated heterocycles.